The van der Waals surface area contributed by atoms with Crippen molar-refractivity contribution in [2.45, 2.75) is 309 Å². The van der Waals surface area contributed by atoms with Crippen LogP contribution in [0.3, 0.4) is 0 Å². The van der Waals surface area contributed by atoms with Gasteiger partial charge in [-0.2, -0.15) is 0 Å². The predicted octanol–water partition coefficient (Wildman–Crippen LogP) is 21.7. The number of carbonyl (C=O) groups is 3. The molecule has 0 amide bonds. The molecule has 0 aliphatic heterocycles. The Hall–Kier alpha value is -3.67. The lowest BCUT2D eigenvalue weighted by Crippen LogP contribution is -2.30. The van der Waals surface area contributed by atoms with Crippen LogP contribution in [0.15, 0.2) is 97.2 Å². The highest BCUT2D eigenvalue weighted by Gasteiger charge is 2.19. The molecule has 1 unspecified atom stereocenters. The van der Waals surface area contributed by atoms with Gasteiger partial charge in [0, 0.05) is 19.3 Å². The maximum atomic E-state index is 12.8. The van der Waals surface area contributed by atoms with Gasteiger partial charge in [-0.05, 0) is 96.3 Å². The predicted molar refractivity (Wildman–Crippen MR) is 325 cm³/mol. The van der Waals surface area contributed by atoms with Gasteiger partial charge in [0.15, 0.2) is 6.10 Å². The Labute approximate surface area is 464 Å². The molecule has 0 aromatic carbocycles. The fraction of sp³-hybridized carbons (Fsp3) is 0.725. The zero-order valence-electron chi connectivity index (χ0n) is 49.3. The summed E-state index contributed by atoms with van der Waals surface area (Å²) in [6.07, 6.45) is 84.8. The molecule has 1 atom stereocenters. The van der Waals surface area contributed by atoms with Gasteiger partial charge in [0.25, 0.3) is 0 Å². The van der Waals surface area contributed by atoms with Crippen molar-refractivity contribution in [2.75, 3.05) is 13.2 Å². The Morgan fingerprint density at radius 2 is 0.533 bits per heavy atom. The molecule has 6 nitrogen and oxygen atoms in total. The van der Waals surface area contributed by atoms with E-state index in [-0.39, 0.29) is 37.5 Å². The van der Waals surface area contributed by atoms with Gasteiger partial charge in [-0.25, -0.2) is 0 Å². The number of esters is 3. The van der Waals surface area contributed by atoms with Crippen molar-refractivity contribution in [3.05, 3.63) is 97.2 Å². The minimum absolute atomic E-state index is 0.0993. The van der Waals surface area contributed by atoms with Crippen molar-refractivity contribution in [3.8, 4) is 0 Å². The summed E-state index contributed by atoms with van der Waals surface area (Å²) in [4.78, 5) is 37.9. The van der Waals surface area contributed by atoms with E-state index < -0.39 is 6.10 Å². The van der Waals surface area contributed by atoms with Crippen LogP contribution in [0.1, 0.15) is 303 Å². The van der Waals surface area contributed by atoms with E-state index in [0.29, 0.717) is 19.3 Å². The standard InChI is InChI=1S/C69H118O6/c1-4-7-10-13-15-17-19-21-23-25-27-29-31-32-33-34-35-36-38-39-41-43-45-47-49-51-53-56-59-62-68(71)74-65-66(64-73-67(70)61-58-55-12-9-6-3)75-69(72)63-60-57-54-52-50-48-46-44-42-40-37-30-28-26-24-22-20-18-16-14-11-8-5-2/h8,11,16,18,22,24-25,27-28,30,40,42,46,48,52,54,66H,4-7,9-10,12-15,17,19-21,23,26,29,31-39,41,43-45,47,49-51,53,55-65H2,1-3H3/b11-8-,18-16-,24-22-,27-25-,30-28-,42-40-,48-46-,54-52-. The number of rotatable bonds is 57. The van der Waals surface area contributed by atoms with Gasteiger partial charge >= 0.3 is 17.9 Å². The SMILES string of the molecule is CC/C=C\C/C=C\C/C=C\C/C=C\C/C=C\C/C=C\C/C=C\CCCC(=O)OC(COC(=O)CCCCCCC)COC(=O)CCCCCCCCCCCCCCCCCCC/C=C\CCCCCCCCCC. The van der Waals surface area contributed by atoms with Crippen molar-refractivity contribution in [3.63, 3.8) is 0 Å². The second kappa shape index (κ2) is 62.9. The van der Waals surface area contributed by atoms with Gasteiger partial charge in [0.05, 0.1) is 0 Å². The van der Waals surface area contributed by atoms with E-state index in [4.69, 9.17) is 14.2 Å². The number of hydrogen-bond acceptors (Lipinski definition) is 6. The smallest absolute Gasteiger partial charge is 0.306 e. The molecule has 0 spiro atoms. The fourth-order valence-corrected chi connectivity index (χ4v) is 8.84. The van der Waals surface area contributed by atoms with Crippen LogP contribution in [-0.4, -0.2) is 37.2 Å². The number of hydrogen-bond donors (Lipinski definition) is 0. The summed E-state index contributed by atoms with van der Waals surface area (Å²) in [7, 11) is 0. The summed E-state index contributed by atoms with van der Waals surface area (Å²) in [5, 5.41) is 0. The largest absolute Gasteiger partial charge is 0.462 e. The number of ether oxygens (including phenoxy) is 3. The van der Waals surface area contributed by atoms with Crippen LogP contribution in [0, 0.1) is 0 Å². The van der Waals surface area contributed by atoms with E-state index in [1.54, 1.807) is 0 Å². The van der Waals surface area contributed by atoms with Gasteiger partial charge < -0.3 is 14.2 Å². The maximum absolute atomic E-state index is 12.8. The summed E-state index contributed by atoms with van der Waals surface area (Å²) >= 11 is 0. The molecule has 6 heteroatoms. The molecule has 430 valence electrons. The van der Waals surface area contributed by atoms with E-state index in [1.807, 2.05) is 0 Å². The Bertz CT molecular complexity index is 1480. The van der Waals surface area contributed by atoms with Crippen molar-refractivity contribution in [1.82, 2.24) is 0 Å². The summed E-state index contributed by atoms with van der Waals surface area (Å²) in [5.41, 5.74) is 0. The average molecular weight is 1040 g/mol. The maximum Gasteiger partial charge on any atom is 0.306 e. The van der Waals surface area contributed by atoms with Gasteiger partial charge in [-0.3, -0.25) is 14.4 Å². The molecule has 0 aliphatic carbocycles. The van der Waals surface area contributed by atoms with E-state index in [0.717, 1.165) is 103 Å². The van der Waals surface area contributed by atoms with Gasteiger partial charge in [-0.1, -0.05) is 285 Å². The second-order valence-electron chi connectivity index (χ2n) is 20.9. The molecule has 0 bridgehead atoms. The van der Waals surface area contributed by atoms with Crippen LogP contribution in [-0.2, 0) is 28.6 Å². The number of allylic oxidation sites excluding steroid dienone is 16. The molecule has 75 heavy (non-hydrogen) atoms. The third kappa shape index (κ3) is 61.1. The molecule has 0 N–H and O–H groups in total. The molecular weight excluding hydrogens is 925 g/mol. The normalized spacial score (nSPS) is 12.7. The fourth-order valence-electron chi connectivity index (χ4n) is 8.84. The molecule has 0 aromatic heterocycles. The summed E-state index contributed by atoms with van der Waals surface area (Å²) in [5.74, 6) is -0.968. The zero-order valence-corrected chi connectivity index (χ0v) is 49.3. The number of carbonyl (C=O) groups excluding carboxylic acids is 3. The Morgan fingerprint density at radius 1 is 0.280 bits per heavy atom. The summed E-state index contributed by atoms with van der Waals surface area (Å²) < 4.78 is 16.7. The van der Waals surface area contributed by atoms with E-state index >= 15 is 0 Å². The second-order valence-corrected chi connectivity index (χ2v) is 20.9. The quantitative estimate of drug-likeness (QED) is 0.0261. The lowest BCUT2D eigenvalue weighted by Gasteiger charge is -2.18. The van der Waals surface area contributed by atoms with Crippen LogP contribution in [0.5, 0.6) is 0 Å². The topological polar surface area (TPSA) is 78.9 Å². The third-order valence-corrected chi connectivity index (χ3v) is 13.6. The van der Waals surface area contributed by atoms with E-state index in [9.17, 15) is 14.4 Å². The molecule has 0 aliphatic rings. The molecule has 0 saturated heterocycles. The van der Waals surface area contributed by atoms with E-state index in [1.165, 1.54) is 154 Å². The Kier molecular flexibility index (Phi) is 59.8. The van der Waals surface area contributed by atoms with Crippen molar-refractivity contribution >= 4 is 17.9 Å². The molecule has 0 radical (unpaired) electrons. The molecule has 0 fully saturated rings. The monoisotopic (exact) mass is 1040 g/mol. The van der Waals surface area contributed by atoms with E-state index in [2.05, 4.69) is 118 Å². The minimum Gasteiger partial charge on any atom is -0.462 e. The molecular formula is C69H118O6. The highest BCUT2D eigenvalue weighted by atomic mass is 16.6. The van der Waals surface area contributed by atoms with Gasteiger partial charge in [0.1, 0.15) is 13.2 Å². The first-order chi connectivity index (χ1) is 37.0. The van der Waals surface area contributed by atoms with Crippen LogP contribution >= 0.6 is 0 Å². The highest BCUT2D eigenvalue weighted by molar-refractivity contribution is 5.71. The van der Waals surface area contributed by atoms with Crippen LogP contribution in [0.4, 0.5) is 0 Å². The molecule has 0 heterocycles. The van der Waals surface area contributed by atoms with Crippen molar-refractivity contribution < 1.29 is 28.6 Å². The third-order valence-electron chi connectivity index (χ3n) is 13.6. The van der Waals surface area contributed by atoms with Crippen LogP contribution in [0.2, 0.25) is 0 Å². The first-order valence-electron chi connectivity index (χ1n) is 31.7. The van der Waals surface area contributed by atoms with Crippen LogP contribution < -0.4 is 0 Å². The summed E-state index contributed by atoms with van der Waals surface area (Å²) in [6.45, 7) is 6.41. The summed E-state index contributed by atoms with van der Waals surface area (Å²) in [6, 6.07) is 0. The zero-order chi connectivity index (χ0) is 54.3. The Morgan fingerprint density at radius 3 is 0.867 bits per heavy atom. The number of unbranched alkanes of at least 4 members (excludes halogenated alkanes) is 30. The minimum atomic E-state index is -0.805. The van der Waals surface area contributed by atoms with Crippen molar-refractivity contribution in [2.24, 2.45) is 0 Å². The van der Waals surface area contributed by atoms with Crippen molar-refractivity contribution in [1.29, 1.82) is 0 Å². The lowest BCUT2D eigenvalue weighted by atomic mass is 10.0. The van der Waals surface area contributed by atoms with Crippen LogP contribution in [0.25, 0.3) is 0 Å². The first-order valence-corrected chi connectivity index (χ1v) is 31.7. The molecule has 0 rings (SSSR count). The average Bonchev–Trinajstić information content (AvgIpc) is 3.41. The molecule has 0 aromatic rings. The Balaban J connectivity index is 4.09. The van der Waals surface area contributed by atoms with Gasteiger partial charge in [-0.15, -0.1) is 0 Å². The first kappa shape index (κ1) is 71.3. The molecule has 0 saturated carbocycles. The lowest BCUT2D eigenvalue weighted by molar-refractivity contribution is -0.167. The van der Waals surface area contributed by atoms with Gasteiger partial charge in [0.2, 0.25) is 0 Å². The highest BCUT2D eigenvalue weighted by Crippen LogP contribution is 2.16.